The number of carbonyl (C=O) groups is 4. The second kappa shape index (κ2) is 15.2. The van der Waals surface area contributed by atoms with E-state index in [-0.39, 0.29) is 25.8 Å². The fourth-order valence-corrected chi connectivity index (χ4v) is 10.0. The summed E-state index contributed by atoms with van der Waals surface area (Å²) in [6.45, 7) is 3.93. The van der Waals surface area contributed by atoms with Crippen LogP contribution in [0.4, 0.5) is 4.79 Å². The Morgan fingerprint density at radius 1 is 0.922 bits per heavy atom. The summed E-state index contributed by atoms with van der Waals surface area (Å²) in [7, 11) is -3.88. The molecule has 2 heterocycles. The van der Waals surface area contributed by atoms with Gasteiger partial charge in [0.25, 0.3) is 5.91 Å². The second-order valence-corrected chi connectivity index (χ2v) is 17.4. The summed E-state index contributed by atoms with van der Waals surface area (Å²) in [5, 5.41) is 14.4. The van der Waals surface area contributed by atoms with Gasteiger partial charge in [0.2, 0.25) is 21.8 Å². The number of nitrogens with zero attached hydrogens (tertiary/aromatic N) is 1. The summed E-state index contributed by atoms with van der Waals surface area (Å²) in [5.41, 5.74) is 1.46. The molecule has 4 N–H and O–H groups in total. The van der Waals surface area contributed by atoms with Crippen LogP contribution in [0.15, 0.2) is 79.4 Å². The molecular weight excluding hydrogens is 689 g/mol. The molecule has 51 heavy (non-hydrogen) atoms. The molecule has 6 rings (SSSR count). The van der Waals surface area contributed by atoms with Crippen LogP contribution in [-0.4, -0.2) is 77.4 Å². The number of fused-ring (bicyclic) bond motifs is 2. The molecule has 13 heteroatoms. The third-order valence-electron chi connectivity index (χ3n) is 10.5. The highest BCUT2D eigenvalue weighted by Crippen LogP contribution is 2.50. The highest BCUT2D eigenvalue weighted by Gasteiger charge is 2.62. The zero-order chi connectivity index (χ0) is 36.2. The van der Waals surface area contributed by atoms with Crippen molar-refractivity contribution in [1.29, 1.82) is 0 Å². The topological polar surface area (TPSA) is 162 Å². The van der Waals surface area contributed by atoms with Gasteiger partial charge < -0.3 is 20.6 Å². The highest BCUT2D eigenvalue weighted by molar-refractivity contribution is 8.00. The normalized spacial score (nSPS) is 28.5. The first kappa shape index (κ1) is 36.7. The van der Waals surface area contributed by atoms with Crippen LogP contribution in [0, 0.1) is 5.92 Å². The number of carbonyl (C=O) groups excluding carboxylic acids is 3. The maximum Gasteiger partial charge on any atom is 0.405 e. The summed E-state index contributed by atoms with van der Waals surface area (Å²) in [6, 6.07) is 15.9. The molecule has 0 unspecified atom stereocenters. The molecule has 4 aliphatic rings. The van der Waals surface area contributed by atoms with Gasteiger partial charge in [-0.15, -0.1) is 18.3 Å². The fourth-order valence-electron chi connectivity index (χ4n) is 7.32. The lowest BCUT2D eigenvalue weighted by Crippen LogP contribution is -2.58. The Balaban J connectivity index is 1.36. The van der Waals surface area contributed by atoms with E-state index in [0.717, 1.165) is 42.4 Å². The number of benzene rings is 2. The summed E-state index contributed by atoms with van der Waals surface area (Å²) in [5.74, 6) is -1.79. The molecule has 2 bridgehead atoms. The largest absolute Gasteiger partial charge is 0.465 e. The van der Waals surface area contributed by atoms with E-state index >= 15 is 0 Å². The van der Waals surface area contributed by atoms with Crippen LogP contribution < -0.4 is 15.4 Å². The number of hydrogen-bond donors (Lipinski definition) is 4. The lowest BCUT2D eigenvalue weighted by atomic mass is 9.93. The van der Waals surface area contributed by atoms with Crippen LogP contribution in [-0.2, 0) is 29.2 Å². The number of amides is 4. The molecule has 5 atom stereocenters. The van der Waals surface area contributed by atoms with Gasteiger partial charge in [-0.25, -0.2) is 13.2 Å². The molecule has 11 nitrogen and oxygen atoms in total. The third-order valence-corrected chi connectivity index (χ3v) is 13.8. The second-order valence-electron chi connectivity index (χ2n) is 14.1. The molecule has 2 aromatic carbocycles. The molecule has 2 saturated carbocycles. The minimum Gasteiger partial charge on any atom is -0.465 e. The Bertz CT molecular complexity index is 1780. The lowest BCUT2D eigenvalue weighted by Gasteiger charge is -2.31. The van der Waals surface area contributed by atoms with Crippen molar-refractivity contribution in [3.8, 4) is 11.1 Å². The van der Waals surface area contributed by atoms with Crippen LogP contribution in [0.25, 0.3) is 11.1 Å². The predicted octanol–water partition coefficient (Wildman–Crippen LogP) is 5.10. The molecule has 0 radical (unpaired) electrons. The van der Waals surface area contributed by atoms with E-state index in [4.69, 9.17) is 0 Å². The minimum absolute atomic E-state index is 0.130. The lowest BCUT2D eigenvalue weighted by molar-refractivity contribution is -0.141. The van der Waals surface area contributed by atoms with Crippen LogP contribution >= 0.6 is 11.8 Å². The first-order valence-electron chi connectivity index (χ1n) is 17.7. The van der Waals surface area contributed by atoms with E-state index in [1.807, 2.05) is 54.6 Å². The standard InChI is InChI=1S/C38H46N4O7S2/c1-2-28-23-38(28,35(45)41-51(48,49)30-20-21-30)40-33(43)32-24-37(29-18-16-27(17-19-29)26-13-9-8-10-14-26)25-42(32)34(44)31(39-36(46)47)15-11-6-4-3-5-7-12-22-50-37/h2,7-10,12-14,16-19,28,30-32,39H,1,3-6,11,15,20-25H2,(H,40,43)(H,41,45)(H,46,47)/t28-,31+,32+,37+,38-/m1/s1. The summed E-state index contributed by atoms with van der Waals surface area (Å²) in [4.78, 5) is 55.8. The zero-order valence-corrected chi connectivity index (χ0v) is 30.2. The first-order chi connectivity index (χ1) is 24.5. The van der Waals surface area contributed by atoms with Crippen LogP contribution in [0.2, 0.25) is 0 Å². The summed E-state index contributed by atoms with van der Waals surface area (Å²) in [6.07, 6.45) is 10.4. The van der Waals surface area contributed by atoms with E-state index in [1.165, 1.54) is 11.0 Å². The molecule has 0 aromatic heterocycles. The van der Waals surface area contributed by atoms with Gasteiger partial charge in [0.1, 0.15) is 17.6 Å². The van der Waals surface area contributed by atoms with Gasteiger partial charge in [-0.05, 0) is 61.6 Å². The van der Waals surface area contributed by atoms with E-state index in [1.54, 1.807) is 11.8 Å². The van der Waals surface area contributed by atoms with E-state index in [0.29, 0.717) is 25.0 Å². The van der Waals surface area contributed by atoms with E-state index in [9.17, 15) is 32.7 Å². The van der Waals surface area contributed by atoms with Crippen LogP contribution in [0.3, 0.4) is 0 Å². The van der Waals surface area contributed by atoms with Gasteiger partial charge in [-0.3, -0.25) is 19.1 Å². The van der Waals surface area contributed by atoms with Gasteiger partial charge in [0.05, 0.1) is 10.00 Å². The monoisotopic (exact) mass is 734 g/mol. The van der Waals surface area contributed by atoms with Crippen LogP contribution in [0.5, 0.6) is 0 Å². The van der Waals surface area contributed by atoms with Crippen molar-refractivity contribution in [1.82, 2.24) is 20.3 Å². The van der Waals surface area contributed by atoms with Gasteiger partial charge in [-0.2, -0.15) is 0 Å². The number of hydrogen-bond acceptors (Lipinski definition) is 7. The van der Waals surface area contributed by atoms with Crippen molar-refractivity contribution in [2.45, 2.75) is 91.8 Å². The van der Waals surface area contributed by atoms with Crippen molar-refractivity contribution < 1.29 is 32.7 Å². The molecule has 272 valence electrons. The fraction of sp³-hybridized carbons (Fsp3) is 0.474. The van der Waals surface area contributed by atoms with Crippen molar-refractivity contribution in [3.63, 3.8) is 0 Å². The number of carboxylic acid groups (broad SMARTS) is 1. The van der Waals surface area contributed by atoms with Gasteiger partial charge in [0, 0.05) is 18.2 Å². The maximum absolute atomic E-state index is 14.5. The average molecular weight is 735 g/mol. The summed E-state index contributed by atoms with van der Waals surface area (Å²) < 4.78 is 26.9. The molecule has 2 aliphatic heterocycles. The molecule has 2 aliphatic carbocycles. The van der Waals surface area contributed by atoms with E-state index in [2.05, 4.69) is 34.1 Å². The van der Waals surface area contributed by atoms with Gasteiger partial charge >= 0.3 is 6.09 Å². The van der Waals surface area contributed by atoms with Crippen LogP contribution in [0.1, 0.15) is 69.8 Å². The van der Waals surface area contributed by atoms with Crippen molar-refractivity contribution in [2.24, 2.45) is 5.92 Å². The molecule has 2 aromatic rings. The smallest absolute Gasteiger partial charge is 0.405 e. The molecular formula is C38H46N4O7S2. The Morgan fingerprint density at radius 2 is 1.63 bits per heavy atom. The number of nitrogens with one attached hydrogen (secondary N) is 3. The Labute approximate surface area is 303 Å². The molecule has 4 amide bonds. The number of sulfonamides is 1. The molecule has 0 spiro atoms. The van der Waals surface area contributed by atoms with Gasteiger partial charge in [0.15, 0.2) is 0 Å². The van der Waals surface area contributed by atoms with E-state index < -0.39 is 67.4 Å². The van der Waals surface area contributed by atoms with Crippen molar-refractivity contribution in [3.05, 3.63) is 85.0 Å². The number of rotatable bonds is 9. The summed E-state index contributed by atoms with van der Waals surface area (Å²) >= 11 is 1.63. The number of allylic oxidation sites excluding steroid dienone is 1. The predicted molar refractivity (Wildman–Crippen MR) is 197 cm³/mol. The highest BCUT2D eigenvalue weighted by atomic mass is 32.2. The minimum atomic E-state index is -3.88. The number of thioether (sulfide) groups is 1. The third kappa shape index (κ3) is 8.19. The Morgan fingerprint density at radius 3 is 2.29 bits per heavy atom. The molecule has 3 fully saturated rings. The van der Waals surface area contributed by atoms with Crippen molar-refractivity contribution in [2.75, 3.05) is 12.3 Å². The maximum atomic E-state index is 14.5. The van der Waals surface area contributed by atoms with Gasteiger partial charge in [-0.1, -0.05) is 92.1 Å². The Hall–Kier alpha value is -4.10. The van der Waals surface area contributed by atoms with Crippen molar-refractivity contribution >= 4 is 45.6 Å². The Kier molecular flexibility index (Phi) is 11.0. The quantitative estimate of drug-likeness (QED) is 0.259. The zero-order valence-electron chi connectivity index (χ0n) is 28.6. The first-order valence-corrected chi connectivity index (χ1v) is 20.3. The SMILES string of the molecule is C=C[C@@H]1C[C@]1(NC(=O)[C@@H]1C[C@@]2(c3ccc(-c4ccccc4)cc3)CN1C(=O)[C@@H](NC(=O)O)CCCCCCC=CCS2)C(=O)NS(=O)(=O)C1CC1. The average Bonchev–Trinajstić information content (AvgIpc) is 4.05. The molecule has 1 saturated heterocycles.